The maximum Gasteiger partial charge on any atom is 0.189 e. The molecule has 30 heavy (non-hydrogen) atoms. The Hall–Kier alpha value is -1.48. The lowest BCUT2D eigenvalue weighted by Gasteiger charge is -2.33. The van der Waals surface area contributed by atoms with Crippen LogP contribution in [0.2, 0.25) is 0 Å². The first-order chi connectivity index (χ1) is 14.3. The van der Waals surface area contributed by atoms with E-state index >= 15 is 0 Å². The Bertz CT molecular complexity index is 1090. The highest BCUT2D eigenvalue weighted by Crippen LogP contribution is 2.44. The van der Waals surface area contributed by atoms with Crippen molar-refractivity contribution in [2.24, 2.45) is 0 Å². The number of ether oxygens (including phenoxy) is 1. The molecule has 0 radical (unpaired) electrons. The Kier molecular flexibility index (Phi) is 5.96. The third-order valence-electron chi connectivity index (χ3n) is 5.68. The van der Waals surface area contributed by atoms with Gasteiger partial charge in [-0.1, -0.05) is 32.5 Å². The summed E-state index contributed by atoms with van der Waals surface area (Å²) >= 11 is 3.18. The number of aliphatic hydroxyl groups excluding tert-OH is 1. The maximum absolute atomic E-state index is 9.70. The second-order valence-corrected chi connectivity index (χ2v) is 10.6. The lowest BCUT2D eigenvalue weighted by atomic mass is 9.87. The Morgan fingerprint density at radius 1 is 1.23 bits per heavy atom. The Morgan fingerprint density at radius 2 is 2.00 bits per heavy atom. The van der Waals surface area contributed by atoms with Crippen molar-refractivity contribution in [3.8, 4) is 0 Å². The number of nitrogens with one attached hydrogen (secondary N) is 1. The Labute approximate surface area is 185 Å². The van der Waals surface area contributed by atoms with E-state index in [9.17, 15) is 5.11 Å². The van der Waals surface area contributed by atoms with E-state index in [-0.39, 0.29) is 18.2 Å². The lowest BCUT2D eigenvalue weighted by molar-refractivity contribution is -0.0402. The summed E-state index contributed by atoms with van der Waals surface area (Å²) in [4.78, 5) is 15.7. The van der Waals surface area contributed by atoms with Gasteiger partial charge in [0.2, 0.25) is 0 Å². The van der Waals surface area contributed by atoms with E-state index in [1.165, 1.54) is 22.9 Å². The number of pyridine rings is 1. The van der Waals surface area contributed by atoms with Crippen molar-refractivity contribution in [2.45, 2.75) is 76.8 Å². The van der Waals surface area contributed by atoms with Crippen LogP contribution in [0.15, 0.2) is 5.16 Å². The van der Waals surface area contributed by atoms with Crippen LogP contribution in [0.5, 0.6) is 0 Å². The average molecular weight is 447 g/mol. The molecule has 162 valence electrons. The second-order valence-electron chi connectivity index (χ2n) is 8.78. The van der Waals surface area contributed by atoms with Crippen LogP contribution >= 0.6 is 23.1 Å². The van der Waals surface area contributed by atoms with E-state index in [0.29, 0.717) is 12.5 Å². The molecule has 1 atom stereocenters. The lowest BCUT2D eigenvalue weighted by Crippen LogP contribution is -2.33. The molecule has 4 rings (SSSR count). The van der Waals surface area contributed by atoms with Crippen LogP contribution in [-0.4, -0.2) is 44.6 Å². The summed E-state index contributed by atoms with van der Waals surface area (Å²) in [5, 5.41) is 15.0. The summed E-state index contributed by atoms with van der Waals surface area (Å²) in [6.07, 6.45) is 3.64. The topological polar surface area (TPSA) is 80.2 Å². The van der Waals surface area contributed by atoms with Crippen molar-refractivity contribution in [1.82, 2.24) is 15.0 Å². The molecule has 3 aromatic rings. The number of aliphatic hydroxyl groups is 1. The molecule has 1 aliphatic heterocycles. The fourth-order valence-corrected chi connectivity index (χ4v) is 5.49. The van der Waals surface area contributed by atoms with Crippen molar-refractivity contribution in [2.75, 3.05) is 18.2 Å². The first-order valence-electron chi connectivity index (χ1n) is 10.5. The van der Waals surface area contributed by atoms with E-state index in [2.05, 4.69) is 39.9 Å². The van der Waals surface area contributed by atoms with E-state index in [4.69, 9.17) is 19.7 Å². The summed E-state index contributed by atoms with van der Waals surface area (Å²) in [5.74, 6) is 1.11. The van der Waals surface area contributed by atoms with E-state index < -0.39 is 0 Å². The van der Waals surface area contributed by atoms with E-state index in [0.717, 1.165) is 49.9 Å². The van der Waals surface area contributed by atoms with Gasteiger partial charge in [-0.2, -0.15) is 0 Å². The quantitative estimate of drug-likeness (QED) is 0.402. The smallest absolute Gasteiger partial charge is 0.189 e. The molecule has 0 spiro atoms. The molecule has 3 aromatic heterocycles. The van der Waals surface area contributed by atoms with Gasteiger partial charge in [-0.15, -0.1) is 11.3 Å². The normalized spacial score (nSPS) is 16.9. The molecule has 8 heteroatoms. The standard InChI is InChI=1S/C22H30N4O2S2/c1-7-12(9-27)23-19-18-17(25-21(26-19)29-6)15-13-8-22(4,5)28-10-14(13)16(11(2)3)24-20(15)30-18/h11-12,27H,7-10H2,1-6H3,(H,23,25,26)/t12-/m0/s1. The van der Waals surface area contributed by atoms with Gasteiger partial charge in [0.05, 0.1) is 40.8 Å². The minimum atomic E-state index is -0.218. The minimum Gasteiger partial charge on any atom is -0.394 e. The van der Waals surface area contributed by atoms with Crippen LogP contribution in [0.4, 0.5) is 5.82 Å². The van der Waals surface area contributed by atoms with Crippen molar-refractivity contribution in [3.63, 3.8) is 0 Å². The zero-order chi connectivity index (χ0) is 21.6. The number of hydrogen-bond acceptors (Lipinski definition) is 8. The first-order valence-corrected chi connectivity index (χ1v) is 12.5. The van der Waals surface area contributed by atoms with Crippen molar-refractivity contribution >= 4 is 49.3 Å². The van der Waals surface area contributed by atoms with Crippen molar-refractivity contribution in [1.29, 1.82) is 0 Å². The van der Waals surface area contributed by atoms with Crippen molar-refractivity contribution < 1.29 is 9.84 Å². The predicted octanol–water partition coefficient (Wildman–Crippen LogP) is 5.12. The Balaban J connectivity index is 2.04. The number of rotatable bonds is 6. The fourth-order valence-electron chi connectivity index (χ4n) is 4.02. The molecule has 0 fully saturated rings. The summed E-state index contributed by atoms with van der Waals surface area (Å²) in [7, 11) is 0. The van der Waals surface area contributed by atoms with Crippen LogP contribution in [0.1, 0.15) is 63.8 Å². The average Bonchev–Trinajstić information content (AvgIpc) is 3.09. The van der Waals surface area contributed by atoms with Gasteiger partial charge >= 0.3 is 0 Å². The molecule has 4 heterocycles. The molecular weight excluding hydrogens is 416 g/mol. The number of aromatic nitrogens is 3. The second kappa shape index (κ2) is 8.22. The van der Waals surface area contributed by atoms with Gasteiger partial charge in [-0.3, -0.25) is 0 Å². The zero-order valence-electron chi connectivity index (χ0n) is 18.5. The number of thioether (sulfide) groups is 1. The summed E-state index contributed by atoms with van der Waals surface area (Å²) in [6.45, 7) is 11.4. The molecular formula is C22H30N4O2S2. The molecule has 1 aliphatic rings. The number of thiophene rings is 1. The molecule has 0 saturated carbocycles. The third-order valence-corrected chi connectivity index (χ3v) is 7.31. The van der Waals surface area contributed by atoms with E-state index in [1.807, 2.05) is 6.26 Å². The molecule has 2 N–H and O–H groups in total. The predicted molar refractivity (Wildman–Crippen MR) is 126 cm³/mol. The first kappa shape index (κ1) is 21.7. The monoisotopic (exact) mass is 446 g/mol. The van der Waals surface area contributed by atoms with Gasteiger partial charge in [0.15, 0.2) is 5.16 Å². The van der Waals surface area contributed by atoms with E-state index in [1.54, 1.807) is 11.3 Å². The third kappa shape index (κ3) is 3.79. The number of hydrogen-bond donors (Lipinski definition) is 2. The minimum absolute atomic E-state index is 0.0385. The largest absolute Gasteiger partial charge is 0.394 e. The molecule has 0 bridgehead atoms. The van der Waals surface area contributed by atoms with Crippen LogP contribution in [0, 0.1) is 0 Å². The summed E-state index contributed by atoms with van der Waals surface area (Å²) < 4.78 is 7.17. The van der Waals surface area contributed by atoms with Gasteiger partial charge in [0, 0.05) is 17.4 Å². The number of fused-ring (bicyclic) bond motifs is 5. The molecule has 6 nitrogen and oxygen atoms in total. The highest BCUT2D eigenvalue weighted by atomic mass is 32.2. The summed E-state index contributed by atoms with van der Waals surface area (Å²) in [6, 6.07) is -0.0385. The fraction of sp³-hybridized carbons (Fsp3) is 0.591. The molecule has 0 aliphatic carbocycles. The molecule has 0 aromatic carbocycles. The van der Waals surface area contributed by atoms with Crippen LogP contribution in [0.25, 0.3) is 20.4 Å². The van der Waals surface area contributed by atoms with Crippen molar-refractivity contribution in [3.05, 3.63) is 16.8 Å². The zero-order valence-corrected chi connectivity index (χ0v) is 20.1. The van der Waals surface area contributed by atoms with Gasteiger partial charge in [-0.05, 0) is 38.0 Å². The van der Waals surface area contributed by atoms with Gasteiger partial charge in [0.1, 0.15) is 10.6 Å². The highest BCUT2D eigenvalue weighted by Gasteiger charge is 2.32. The Morgan fingerprint density at radius 3 is 2.63 bits per heavy atom. The molecule has 0 saturated heterocycles. The van der Waals surface area contributed by atoms with Crippen LogP contribution < -0.4 is 5.32 Å². The molecule has 0 amide bonds. The number of anilines is 1. The summed E-state index contributed by atoms with van der Waals surface area (Å²) in [5.41, 5.74) is 4.40. The number of nitrogens with zero attached hydrogens (tertiary/aromatic N) is 3. The SMILES string of the molecule is CC[C@@H](CO)Nc1nc(SC)nc2c1sc1nc(C(C)C)c3c(c12)CC(C)(C)OC3. The van der Waals surface area contributed by atoms with Gasteiger partial charge in [0.25, 0.3) is 0 Å². The maximum atomic E-state index is 9.70. The van der Waals surface area contributed by atoms with Crippen LogP contribution in [0.3, 0.4) is 0 Å². The van der Waals surface area contributed by atoms with Gasteiger partial charge < -0.3 is 15.2 Å². The van der Waals surface area contributed by atoms with Crippen LogP contribution in [-0.2, 0) is 17.8 Å². The highest BCUT2D eigenvalue weighted by molar-refractivity contribution is 7.98. The molecule has 0 unspecified atom stereocenters. The van der Waals surface area contributed by atoms with Gasteiger partial charge in [-0.25, -0.2) is 15.0 Å².